The molecule has 1 aromatic carbocycles. The van der Waals surface area contributed by atoms with Gasteiger partial charge in [-0.25, -0.2) is 4.72 Å². The van der Waals surface area contributed by atoms with Gasteiger partial charge in [0.05, 0.1) is 4.92 Å². The standard InChI is InChI=1S/C9H11N3O5S/c1-11(2)18(16,17)10-9(13)7-3-5-8(6-4-7)12(14)15/h3-6H,1-2H3,(H,10,13). The summed E-state index contributed by atoms with van der Waals surface area (Å²) in [4.78, 5) is 21.3. The van der Waals surface area contributed by atoms with Gasteiger partial charge in [-0.05, 0) is 12.1 Å². The minimum Gasteiger partial charge on any atom is -0.268 e. The van der Waals surface area contributed by atoms with Crippen LogP contribution in [0.4, 0.5) is 5.69 Å². The highest BCUT2D eigenvalue weighted by molar-refractivity contribution is 7.87. The van der Waals surface area contributed by atoms with Crippen molar-refractivity contribution < 1.29 is 18.1 Å². The first-order valence-electron chi connectivity index (χ1n) is 4.73. The fourth-order valence-electron chi connectivity index (χ4n) is 1.00. The van der Waals surface area contributed by atoms with E-state index >= 15 is 0 Å². The zero-order chi connectivity index (χ0) is 13.9. The van der Waals surface area contributed by atoms with Gasteiger partial charge in [-0.1, -0.05) is 0 Å². The average molecular weight is 273 g/mol. The largest absolute Gasteiger partial charge is 0.303 e. The highest BCUT2D eigenvalue weighted by atomic mass is 32.2. The van der Waals surface area contributed by atoms with E-state index in [1.165, 1.54) is 26.2 Å². The molecule has 0 heterocycles. The molecule has 0 aliphatic carbocycles. The van der Waals surface area contributed by atoms with Gasteiger partial charge in [-0.2, -0.15) is 12.7 Å². The summed E-state index contributed by atoms with van der Waals surface area (Å²) in [5, 5.41) is 10.4. The number of rotatable bonds is 4. The number of nitrogens with zero attached hydrogens (tertiary/aromatic N) is 2. The van der Waals surface area contributed by atoms with E-state index in [1.54, 1.807) is 0 Å². The molecular formula is C9H11N3O5S. The van der Waals surface area contributed by atoms with Gasteiger partial charge in [0.25, 0.3) is 11.6 Å². The van der Waals surface area contributed by atoms with Crippen molar-refractivity contribution in [2.75, 3.05) is 14.1 Å². The molecule has 0 bridgehead atoms. The third-order valence-electron chi connectivity index (χ3n) is 2.04. The van der Waals surface area contributed by atoms with Crippen molar-refractivity contribution >= 4 is 21.8 Å². The van der Waals surface area contributed by atoms with E-state index in [9.17, 15) is 23.3 Å². The molecule has 0 aromatic heterocycles. The molecule has 0 aliphatic rings. The Bertz CT molecular complexity index is 564. The van der Waals surface area contributed by atoms with Crippen LogP contribution < -0.4 is 4.72 Å². The van der Waals surface area contributed by atoms with Crippen LogP contribution in [0.3, 0.4) is 0 Å². The van der Waals surface area contributed by atoms with Crippen molar-refractivity contribution in [1.29, 1.82) is 0 Å². The molecule has 1 rings (SSSR count). The molecule has 98 valence electrons. The van der Waals surface area contributed by atoms with Gasteiger partial charge in [-0.3, -0.25) is 14.9 Å². The fraction of sp³-hybridized carbons (Fsp3) is 0.222. The summed E-state index contributed by atoms with van der Waals surface area (Å²) in [5.41, 5.74) is -0.159. The van der Waals surface area contributed by atoms with Crippen molar-refractivity contribution in [1.82, 2.24) is 9.03 Å². The Morgan fingerprint density at radius 1 is 1.28 bits per heavy atom. The molecular weight excluding hydrogens is 262 g/mol. The number of amides is 1. The zero-order valence-corrected chi connectivity index (χ0v) is 10.5. The van der Waals surface area contributed by atoms with Gasteiger partial charge in [0.1, 0.15) is 0 Å². The predicted octanol–water partition coefficient (Wildman–Crippen LogP) is 0.131. The van der Waals surface area contributed by atoms with Crippen LogP contribution in [-0.4, -0.2) is 37.6 Å². The van der Waals surface area contributed by atoms with Crippen LogP contribution in [0.2, 0.25) is 0 Å². The first-order chi connectivity index (χ1) is 8.24. The molecule has 0 unspecified atom stereocenters. The van der Waals surface area contributed by atoms with E-state index in [-0.39, 0.29) is 11.3 Å². The Hall–Kier alpha value is -2.00. The van der Waals surface area contributed by atoms with Gasteiger partial charge in [0, 0.05) is 31.8 Å². The number of hydrogen-bond acceptors (Lipinski definition) is 5. The Morgan fingerprint density at radius 2 is 1.78 bits per heavy atom. The lowest BCUT2D eigenvalue weighted by Crippen LogP contribution is -2.39. The third-order valence-corrected chi connectivity index (χ3v) is 3.45. The van der Waals surface area contributed by atoms with Gasteiger partial charge < -0.3 is 0 Å². The zero-order valence-electron chi connectivity index (χ0n) is 9.65. The molecule has 0 fully saturated rings. The summed E-state index contributed by atoms with van der Waals surface area (Å²) in [6, 6.07) is 4.60. The van der Waals surface area contributed by atoms with Crippen LogP contribution in [0, 0.1) is 10.1 Å². The maximum atomic E-state index is 11.6. The van der Waals surface area contributed by atoms with Gasteiger partial charge in [-0.15, -0.1) is 0 Å². The molecule has 18 heavy (non-hydrogen) atoms. The first-order valence-corrected chi connectivity index (χ1v) is 6.17. The van der Waals surface area contributed by atoms with Crippen LogP contribution in [0.25, 0.3) is 0 Å². The number of benzene rings is 1. The molecule has 8 nitrogen and oxygen atoms in total. The van der Waals surface area contributed by atoms with E-state index in [1.807, 2.05) is 4.72 Å². The summed E-state index contributed by atoms with van der Waals surface area (Å²) in [6.45, 7) is 0. The Balaban J connectivity index is 2.89. The lowest BCUT2D eigenvalue weighted by molar-refractivity contribution is -0.384. The monoisotopic (exact) mass is 273 g/mol. The second kappa shape index (κ2) is 5.10. The average Bonchev–Trinajstić information content (AvgIpc) is 2.28. The van der Waals surface area contributed by atoms with Gasteiger partial charge >= 0.3 is 10.2 Å². The smallest absolute Gasteiger partial charge is 0.268 e. The second-order valence-corrected chi connectivity index (χ2v) is 5.41. The highest BCUT2D eigenvalue weighted by Crippen LogP contribution is 2.12. The molecule has 1 aromatic rings. The molecule has 0 saturated heterocycles. The van der Waals surface area contributed by atoms with Crippen molar-refractivity contribution in [2.24, 2.45) is 0 Å². The van der Waals surface area contributed by atoms with Gasteiger partial charge in [0.2, 0.25) is 0 Å². The highest BCUT2D eigenvalue weighted by Gasteiger charge is 2.18. The Morgan fingerprint density at radius 3 is 2.17 bits per heavy atom. The van der Waals surface area contributed by atoms with Crippen LogP contribution in [0.1, 0.15) is 10.4 Å². The number of carbonyl (C=O) groups is 1. The van der Waals surface area contributed by atoms with Crippen LogP contribution in [0.5, 0.6) is 0 Å². The van der Waals surface area contributed by atoms with Crippen molar-refractivity contribution in [3.8, 4) is 0 Å². The Kier molecular flexibility index (Phi) is 3.99. The third kappa shape index (κ3) is 3.25. The van der Waals surface area contributed by atoms with Crippen LogP contribution >= 0.6 is 0 Å². The summed E-state index contributed by atoms with van der Waals surface area (Å²) < 4.78 is 25.4. The van der Waals surface area contributed by atoms with Crippen molar-refractivity contribution in [3.05, 3.63) is 39.9 Å². The predicted molar refractivity (Wildman–Crippen MR) is 63.2 cm³/mol. The minimum atomic E-state index is -3.87. The second-order valence-electron chi connectivity index (χ2n) is 3.52. The SMILES string of the molecule is CN(C)S(=O)(=O)NC(=O)c1ccc([N+](=O)[O-])cc1. The number of nitro groups is 1. The van der Waals surface area contributed by atoms with E-state index < -0.39 is 21.0 Å². The number of nitrogens with one attached hydrogen (secondary N) is 1. The number of hydrogen-bond donors (Lipinski definition) is 1. The molecule has 1 N–H and O–H groups in total. The normalized spacial score (nSPS) is 11.3. The minimum absolute atomic E-state index is 0.0195. The molecule has 0 aliphatic heterocycles. The molecule has 0 spiro atoms. The molecule has 0 radical (unpaired) electrons. The maximum Gasteiger partial charge on any atom is 0.303 e. The lowest BCUT2D eigenvalue weighted by atomic mass is 10.2. The maximum absolute atomic E-state index is 11.6. The fourth-order valence-corrected chi connectivity index (χ4v) is 1.54. The van der Waals surface area contributed by atoms with Gasteiger partial charge in [0.15, 0.2) is 0 Å². The van der Waals surface area contributed by atoms with E-state index in [2.05, 4.69) is 0 Å². The number of non-ortho nitro benzene ring substituents is 1. The quantitative estimate of drug-likeness (QED) is 0.619. The number of carbonyl (C=O) groups excluding carboxylic acids is 1. The van der Waals surface area contributed by atoms with Crippen LogP contribution in [-0.2, 0) is 10.2 Å². The summed E-state index contributed by atoms with van der Waals surface area (Å²) in [6.07, 6.45) is 0. The molecule has 1 amide bonds. The first kappa shape index (κ1) is 14.1. The molecule has 0 atom stereocenters. The van der Waals surface area contributed by atoms with E-state index in [0.717, 1.165) is 16.4 Å². The Labute approximate surface area is 104 Å². The summed E-state index contributed by atoms with van der Waals surface area (Å²) in [7, 11) is -1.33. The summed E-state index contributed by atoms with van der Waals surface area (Å²) in [5.74, 6) is -0.849. The van der Waals surface area contributed by atoms with Crippen molar-refractivity contribution in [2.45, 2.75) is 0 Å². The lowest BCUT2D eigenvalue weighted by Gasteiger charge is -2.11. The molecule has 9 heteroatoms. The topological polar surface area (TPSA) is 110 Å². The summed E-state index contributed by atoms with van der Waals surface area (Å²) >= 11 is 0. The number of nitro benzene ring substituents is 1. The van der Waals surface area contributed by atoms with Crippen LogP contribution in [0.15, 0.2) is 24.3 Å². The van der Waals surface area contributed by atoms with E-state index in [4.69, 9.17) is 0 Å². The van der Waals surface area contributed by atoms with E-state index in [0.29, 0.717) is 0 Å². The van der Waals surface area contributed by atoms with Crippen molar-refractivity contribution in [3.63, 3.8) is 0 Å². The molecule has 0 saturated carbocycles.